The van der Waals surface area contributed by atoms with Crippen LogP contribution >= 0.6 is 0 Å². The van der Waals surface area contributed by atoms with Crippen LogP contribution in [0.4, 0.5) is 0 Å². The first-order valence-electron chi connectivity index (χ1n) is 5.88. The third-order valence-corrected chi connectivity index (χ3v) is 2.92. The average Bonchev–Trinajstić information content (AvgIpc) is 3.08. The minimum atomic E-state index is -0.0867. The maximum Gasteiger partial charge on any atom is 0.251 e. The smallest absolute Gasteiger partial charge is 0.251 e. The van der Waals surface area contributed by atoms with E-state index in [1.807, 2.05) is 0 Å². The third-order valence-electron chi connectivity index (χ3n) is 2.92. The number of ether oxygens (including phenoxy) is 1. The normalized spacial score (nSPS) is 17.4. The maximum absolute atomic E-state index is 11.5. The van der Waals surface area contributed by atoms with Crippen molar-refractivity contribution in [2.75, 3.05) is 7.11 Å². The number of methoxy groups -OCH3 is 1. The Morgan fingerprint density at radius 1 is 1.62 bits per heavy atom. The number of hydrogen-bond acceptors (Lipinski definition) is 3. The lowest BCUT2D eigenvalue weighted by atomic mass is 10.2. The molecule has 88 valence electrons. The molecule has 1 heterocycles. The van der Waals surface area contributed by atoms with Gasteiger partial charge in [-0.1, -0.05) is 13.3 Å². The van der Waals surface area contributed by atoms with E-state index in [-0.39, 0.29) is 11.7 Å². The van der Waals surface area contributed by atoms with Crippen LogP contribution in [0.15, 0.2) is 10.9 Å². The molecular formula is C12H18N2O2. The van der Waals surface area contributed by atoms with Crippen molar-refractivity contribution < 1.29 is 4.74 Å². The molecule has 16 heavy (non-hydrogen) atoms. The van der Waals surface area contributed by atoms with Crippen molar-refractivity contribution in [2.24, 2.45) is 0 Å². The van der Waals surface area contributed by atoms with E-state index in [9.17, 15) is 4.79 Å². The van der Waals surface area contributed by atoms with E-state index in [0.29, 0.717) is 11.7 Å². The second kappa shape index (κ2) is 4.78. The summed E-state index contributed by atoms with van der Waals surface area (Å²) >= 11 is 0. The van der Waals surface area contributed by atoms with Crippen molar-refractivity contribution >= 4 is 0 Å². The Morgan fingerprint density at radius 2 is 2.38 bits per heavy atom. The van der Waals surface area contributed by atoms with Crippen molar-refractivity contribution in [2.45, 2.75) is 44.6 Å². The van der Waals surface area contributed by atoms with Gasteiger partial charge in [0.1, 0.15) is 11.9 Å². The first-order chi connectivity index (χ1) is 7.74. The van der Waals surface area contributed by atoms with Gasteiger partial charge in [0.15, 0.2) is 0 Å². The predicted molar refractivity (Wildman–Crippen MR) is 61.5 cm³/mol. The summed E-state index contributed by atoms with van der Waals surface area (Å²) < 4.78 is 5.35. The van der Waals surface area contributed by atoms with Gasteiger partial charge in [0.05, 0.1) is 5.69 Å². The minimum absolute atomic E-state index is 0.0648. The molecule has 1 atom stereocenters. The van der Waals surface area contributed by atoms with Gasteiger partial charge in [0, 0.05) is 19.1 Å². The molecule has 1 aromatic rings. The second-order valence-electron chi connectivity index (χ2n) is 4.34. The van der Waals surface area contributed by atoms with Crippen molar-refractivity contribution in [1.82, 2.24) is 9.97 Å². The Hall–Kier alpha value is -1.16. The number of aromatic nitrogens is 2. The number of aromatic amines is 1. The summed E-state index contributed by atoms with van der Waals surface area (Å²) in [7, 11) is 1.66. The summed E-state index contributed by atoms with van der Waals surface area (Å²) in [6.07, 6.45) is 4.11. The van der Waals surface area contributed by atoms with Gasteiger partial charge in [0.25, 0.3) is 5.56 Å². The van der Waals surface area contributed by atoms with Crippen LogP contribution in [0.2, 0.25) is 0 Å². The van der Waals surface area contributed by atoms with Crippen LogP contribution in [0, 0.1) is 0 Å². The summed E-state index contributed by atoms with van der Waals surface area (Å²) in [6, 6.07) is 1.61. The van der Waals surface area contributed by atoms with Gasteiger partial charge in [-0.3, -0.25) is 4.79 Å². The van der Waals surface area contributed by atoms with Crippen molar-refractivity contribution in [3.8, 4) is 0 Å². The summed E-state index contributed by atoms with van der Waals surface area (Å²) in [6.45, 7) is 2.09. The van der Waals surface area contributed by atoms with Crippen LogP contribution in [0.1, 0.15) is 56.1 Å². The van der Waals surface area contributed by atoms with E-state index >= 15 is 0 Å². The van der Waals surface area contributed by atoms with E-state index in [4.69, 9.17) is 4.74 Å². The van der Waals surface area contributed by atoms with Gasteiger partial charge in [-0.15, -0.1) is 0 Å². The second-order valence-corrected chi connectivity index (χ2v) is 4.34. The van der Waals surface area contributed by atoms with Crippen molar-refractivity contribution in [3.63, 3.8) is 0 Å². The van der Waals surface area contributed by atoms with E-state index < -0.39 is 0 Å². The van der Waals surface area contributed by atoms with E-state index in [1.165, 1.54) is 0 Å². The first kappa shape index (κ1) is 11.3. The summed E-state index contributed by atoms with van der Waals surface area (Å²) in [5.41, 5.74) is 0.863. The molecule has 0 aliphatic heterocycles. The molecule has 1 saturated carbocycles. The Morgan fingerprint density at radius 3 is 2.94 bits per heavy atom. The largest absolute Gasteiger partial charge is 0.374 e. The summed E-state index contributed by atoms with van der Waals surface area (Å²) in [5.74, 6) is 1.18. The first-order valence-corrected chi connectivity index (χ1v) is 5.88. The highest BCUT2D eigenvalue weighted by molar-refractivity contribution is 5.14. The number of rotatable bonds is 5. The quantitative estimate of drug-likeness (QED) is 0.830. The molecule has 1 unspecified atom stereocenters. The number of nitrogens with one attached hydrogen (secondary N) is 1. The van der Waals surface area contributed by atoms with Gasteiger partial charge in [0.2, 0.25) is 0 Å². The fraction of sp³-hybridized carbons (Fsp3) is 0.667. The Kier molecular flexibility index (Phi) is 3.39. The van der Waals surface area contributed by atoms with Crippen molar-refractivity contribution in [1.29, 1.82) is 0 Å². The molecule has 4 nitrogen and oxygen atoms in total. The fourth-order valence-corrected chi connectivity index (χ4v) is 1.87. The van der Waals surface area contributed by atoms with Gasteiger partial charge >= 0.3 is 0 Å². The van der Waals surface area contributed by atoms with Crippen LogP contribution in [0.3, 0.4) is 0 Å². The Labute approximate surface area is 95.1 Å². The zero-order valence-electron chi connectivity index (χ0n) is 9.82. The van der Waals surface area contributed by atoms with Crippen LogP contribution in [-0.4, -0.2) is 17.1 Å². The molecule has 0 amide bonds. The molecule has 2 rings (SSSR count). The maximum atomic E-state index is 11.5. The fourth-order valence-electron chi connectivity index (χ4n) is 1.87. The van der Waals surface area contributed by atoms with E-state index in [0.717, 1.165) is 31.4 Å². The Balaban J connectivity index is 2.27. The molecule has 0 radical (unpaired) electrons. The Bertz CT molecular complexity index is 410. The number of H-pyrrole nitrogens is 1. The van der Waals surface area contributed by atoms with Crippen LogP contribution in [-0.2, 0) is 4.74 Å². The van der Waals surface area contributed by atoms with Crippen LogP contribution < -0.4 is 5.56 Å². The lowest BCUT2D eigenvalue weighted by molar-refractivity contribution is 0.0872. The van der Waals surface area contributed by atoms with Gasteiger partial charge in [-0.05, 0) is 19.3 Å². The topological polar surface area (TPSA) is 55.0 Å². The monoisotopic (exact) mass is 222 g/mol. The molecule has 4 heteroatoms. The highest BCUT2D eigenvalue weighted by Gasteiger charge is 2.26. The molecule has 0 aromatic carbocycles. The molecule has 1 fully saturated rings. The minimum Gasteiger partial charge on any atom is -0.374 e. The number of nitrogens with zero attached hydrogens (tertiary/aromatic N) is 1. The number of hydrogen-bond donors (Lipinski definition) is 1. The zero-order valence-corrected chi connectivity index (χ0v) is 9.82. The van der Waals surface area contributed by atoms with Gasteiger partial charge in [-0.2, -0.15) is 0 Å². The molecule has 1 aliphatic carbocycles. The highest BCUT2D eigenvalue weighted by Crippen LogP contribution is 2.38. The third kappa shape index (κ3) is 2.50. The molecular weight excluding hydrogens is 204 g/mol. The summed E-state index contributed by atoms with van der Waals surface area (Å²) in [4.78, 5) is 18.8. The molecule has 1 aromatic heterocycles. The highest BCUT2D eigenvalue weighted by atomic mass is 16.5. The molecule has 0 spiro atoms. The van der Waals surface area contributed by atoms with E-state index in [2.05, 4.69) is 16.9 Å². The predicted octanol–water partition coefficient (Wildman–Crippen LogP) is 2.13. The molecule has 1 aliphatic rings. The molecule has 0 saturated heterocycles. The zero-order chi connectivity index (χ0) is 11.5. The van der Waals surface area contributed by atoms with Crippen LogP contribution in [0.25, 0.3) is 0 Å². The van der Waals surface area contributed by atoms with Gasteiger partial charge < -0.3 is 9.72 Å². The lowest BCUT2D eigenvalue weighted by Crippen LogP contribution is -2.16. The van der Waals surface area contributed by atoms with Crippen molar-refractivity contribution in [3.05, 3.63) is 27.9 Å². The standard InChI is InChI=1S/C12H18N2O2/c1-3-4-10(16-2)12-13-9(8-5-6-8)7-11(15)14-12/h7-8,10H,3-6H2,1-2H3,(H,13,14,15). The van der Waals surface area contributed by atoms with Gasteiger partial charge in [-0.25, -0.2) is 4.98 Å². The molecule has 1 N–H and O–H groups in total. The SMILES string of the molecule is CCCC(OC)c1nc(C2CC2)cc(=O)[nH]1. The molecule has 0 bridgehead atoms. The lowest BCUT2D eigenvalue weighted by Gasteiger charge is -2.13. The van der Waals surface area contributed by atoms with Crippen LogP contribution in [0.5, 0.6) is 0 Å². The summed E-state index contributed by atoms with van der Waals surface area (Å²) in [5, 5.41) is 0. The van der Waals surface area contributed by atoms with E-state index in [1.54, 1.807) is 13.2 Å². The average molecular weight is 222 g/mol.